The smallest absolute Gasteiger partial charge is 0.298 e. The van der Waals surface area contributed by atoms with Gasteiger partial charge in [-0.2, -0.15) is 0 Å². The van der Waals surface area contributed by atoms with Crippen LogP contribution in [0.15, 0.2) is 23.3 Å². The Balaban J connectivity index is 2.75. The molecule has 1 aromatic carbocycles. The number of nitrogens with zero attached hydrogens (tertiary/aromatic N) is 1. The minimum absolute atomic E-state index is 0.184. The number of H-pyrrole nitrogens is 1. The van der Waals surface area contributed by atoms with Crippen molar-refractivity contribution in [2.75, 3.05) is 7.11 Å². The number of hydrogen-bond donors (Lipinski definition) is 1. The molecule has 0 saturated carbocycles. The molecule has 2 rings (SSSR count). The van der Waals surface area contributed by atoms with Crippen molar-refractivity contribution in [2.24, 2.45) is 0 Å². The molecule has 0 atom stereocenters. The highest BCUT2D eigenvalue weighted by molar-refractivity contribution is 5.82. The van der Waals surface area contributed by atoms with E-state index in [-0.39, 0.29) is 17.8 Å². The van der Waals surface area contributed by atoms with Gasteiger partial charge in [-0.1, -0.05) is 0 Å². The Morgan fingerprint density at radius 2 is 2.19 bits per heavy atom. The van der Waals surface area contributed by atoms with Gasteiger partial charge in [0.05, 0.1) is 24.3 Å². The van der Waals surface area contributed by atoms with E-state index >= 15 is 0 Å². The molecule has 0 spiro atoms. The molecule has 2 aromatic rings. The molecule has 16 heavy (non-hydrogen) atoms. The Hall–Kier alpha value is -2.37. The highest BCUT2D eigenvalue weighted by Crippen LogP contribution is 2.29. The summed E-state index contributed by atoms with van der Waals surface area (Å²) in [5.74, 6) is 0.529. The van der Waals surface area contributed by atoms with Gasteiger partial charge >= 0.3 is 0 Å². The fraction of sp³-hybridized carbons (Fsp3) is 0.100. The molecule has 0 aliphatic heterocycles. The lowest BCUT2D eigenvalue weighted by Gasteiger charge is -2.06. The molecule has 1 heterocycles. The number of carbonyl (C=O) groups is 1. The number of fused-ring (bicyclic) bond motifs is 1. The van der Waals surface area contributed by atoms with Crippen molar-refractivity contribution in [2.45, 2.75) is 0 Å². The Bertz CT molecular complexity index is 591. The maximum absolute atomic E-state index is 11.5. The third-order valence-corrected chi connectivity index (χ3v) is 2.10. The fourth-order valence-corrected chi connectivity index (χ4v) is 1.38. The van der Waals surface area contributed by atoms with E-state index in [0.717, 1.165) is 0 Å². The summed E-state index contributed by atoms with van der Waals surface area (Å²) in [4.78, 5) is 28.1. The number of benzene rings is 1. The predicted octanol–water partition coefficient (Wildman–Crippen LogP) is 0.467. The van der Waals surface area contributed by atoms with Gasteiger partial charge in [0.1, 0.15) is 0 Å². The van der Waals surface area contributed by atoms with Gasteiger partial charge in [0.25, 0.3) is 12.0 Å². The molecule has 6 nitrogen and oxygen atoms in total. The number of nitrogens with one attached hydrogen (secondary N) is 1. The van der Waals surface area contributed by atoms with Gasteiger partial charge in [-0.3, -0.25) is 9.59 Å². The first-order valence-electron chi connectivity index (χ1n) is 4.42. The predicted molar refractivity (Wildman–Crippen MR) is 55.6 cm³/mol. The summed E-state index contributed by atoms with van der Waals surface area (Å²) >= 11 is 0. The van der Waals surface area contributed by atoms with Crippen LogP contribution in [-0.2, 0) is 4.79 Å². The van der Waals surface area contributed by atoms with E-state index in [1.54, 1.807) is 0 Å². The van der Waals surface area contributed by atoms with Crippen LogP contribution in [0, 0.1) is 0 Å². The molecule has 6 heteroatoms. The van der Waals surface area contributed by atoms with Gasteiger partial charge in [0.15, 0.2) is 11.5 Å². The highest BCUT2D eigenvalue weighted by Gasteiger charge is 2.09. The zero-order valence-electron chi connectivity index (χ0n) is 8.39. The van der Waals surface area contributed by atoms with Gasteiger partial charge < -0.3 is 14.5 Å². The van der Waals surface area contributed by atoms with E-state index in [1.165, 1.54) is 25.6 Å². The van der Waals surface area contributed by atoms with E-state index in [9.17, 15) is 9.59 Å². The normalized spacial score (nSPS) is 10.1. The number of rotatable bonds is 3. The molecule has 0 saturated heterocycles. The highest BCUT2D eigenvalue weighted by atomic mass is 16.5. The quantitative estimate of drug-likeness (QED) is 0.760. The minimum Gasteiger partial charge on any atom is -0.493 e. The molecule has 0 bridgehead atoms. The topological polar surface area (TPSA) is 81.3 Å². The summed E-state index contributed by atoms with van der Waals surface area (Å²) in [5.41, 5.74) is 0.169. The monoisotopic (exact) mass is 220 g/mol. The van der Waals surface area contributed by atoms with E-state index in [4.69, 9.17) is 9.47 Å². The average molecular weight is 220 g/mol. The van der Waals surface area contributed by atoms with Crippen LogP contribution in [0.3, 0.4) is 0 Å². The van der Waals surface area contributed by atoms with E-state index in [0.29, 0.717) is 16.7 Å². The number of hydrogen-bond acceptors (Lipinski definition) is 5. The van der Waals surface area contributed by atoms with Gasteiger partial charge in [-0.15, -0.1) is 0 Å². The molecule has 1 aromatic heterocycles. The van der Waals surface area contributed by atoms with Gasteiger partial charge in [0, 0.05) is 6.07 Å². The summed E-state index contributed by atoms with van der Waals surface area (Å²) in [5, 5.41) is 0.333. The third-order valence-electron chi connectivity index (χ3n) is 2.10. The van der Waals surface area contributed by atoms with Crippen molar-refractivity contribution >= 4 is 17.4 Å². The molecule has 0 aliphatic rings. The van der Waals surface area contributed by atoms with E-state index < -0.39 is 0 Å². The average Bonchev–Trinajstić information content (AvgIpc) is 2.30. The largest absolute Gasteiger partial charge is 0.493 e. The maximum Gasteiger partial charge on any atom is 0.298 e. The zero-order chi connectivity index (χ0) is 11.5. The molecule has 0 fully saturated rings. The second kappa shape index (κ2) is 4.01. The lowest BCUT2D eigenvalue weighted by Crippen LogP contribution is -2.07. The van der Waals surface area contributed by atoms with Crippen molar-refractivity contribution in [3.05, 3.63) is 28.8 Å². The van der Waals surface area contributed by atoms with E-state index in [1.807, 2.05) is 0 Å². The van der Waals surface area contributed by atoms with Crippen molar-refractivity contribution < 1.29 is 14.3 Å². The molecule has 82 valence electrons. The molecule has 0 aliphatic carbocycles. The van der Waals surface area contributed by atoms with Crippen molar-refractivity contribution in [1.82, 2.24) is 9.97 Å². The molecular weight excluding hydrogens is 212 g/mol. The summed E-state index contributed by atoms with van der Waals surface area (Å²) in [6.07, 6.45) is 1.30. The number of methoxy groups -OCH3 is 1. The van der Waals surface area contributed by atoms with Crippen LogP contribution in [-0.4, -0.2) is 23.5 Å². The van der Waals surface area contributed by atoms with Crippen LogP contribution in [0.5, 0.6) is 11.5 Å². The van der Waals surface area contributed by atoms with E-state index in [2.05, 4.69) is 9.97 Å². The van der Waals surface area contributed by atoms with Gasteiger partial charge in [0.2, 0.25) is 0 Å². The molecule has 0 radical (unpaired) electrons. The number of aromatic nitrogens is 2. The number of carbonyl (C=O) groups excluding carboxylic acids is 1. The minimum atomic E-state index is -0.302. The van der Waals surface area contributed by atoms with Crippen LogP contribution in [0.4, 0.5) is 0 Å². The number of ether oxygens (including phenoxy) is 2. The number of aromatic amines is 1. The van der Waals surface area contributed by atoms with Crippen LogP contribution in [0.2, 0.25) is 0 Å². The molecule has 0 unspecified atom stereocenters. The summed E-state index contributed by atoms with van der Waals surface area (Å²) in [7, 11) is 1.44. The second-order valence-corrected chi connectivity index (χ2v) is 2.97. The molecule has 1 N–H and O–H groups in total. The van der Waals surface area contributed by atoms with Crippen LogP contribution < -0.4 is 15.0 Å². The Morgan fingerprint density at radius 3 is 2.88 bits per heavy atom. The van der Waals surface area contributed by atoms with Crippen molar-refractivity contribution in [3.8, 4) is 11.5 Å². The van der Waals surface area contributed by atoms with Crippen LogP contribution in [0.1, 0.15) is 0 Å². The van der Waals surface area contributed by atoms with Crippen molar-refractivity contribution in [1.29, 1.82) is 0 Å². The first-order chi connectivity index (χ1) is 7.76. The zero-order valence-corrected chi connectivity index (χ0v) is 8.39. The first kappa shape index (κ1) is 10.2. The second-order valence-electron chi connectivity index (χ2n) is 2.97. The van der Waals surface area contributed by atoms with Crippen LogP contribution >= 0.6 is 0 Å². The Labute approximate surface area is 89.8 Å². The lowest BCUT2D eigenvalue weighted by molar-refractivity contribution is -0.120. The Kier molecular flexibility index (Phi) is 2.55. The van der Waals surface area contributed by atoms with Gasteiger partial charge in [-0.05, 0) is 6.07 Å². The molecule has 0 amide bonds. The third kappa shape index (κ3) is 1.60. The maximum atomic E-state index is 11.5. The SMILES string of the molecule is COc1cc2nc[nH]c(=O)c2cc1OC=O. The summed E-state index contributed by atoms with van der Waals surface area (Å²) in [6.45, 7) is 0.272. The summed E-state index contributed by atoms with van der Waals surface area (Å²) in [6, 6.07) is 2.94. The molecular formula is C10H8N2O4. The standard InChI is InChI=1S/C10H8N2O4/c1-15-8-3-7-6(2-9(8)16-5-13)10(14)12-4-11-7/h2-5H,1H3,(H,11,12,14). The van der Waals surface area contributed by atoms with Crippen molar-refractivity contribution in [3.63, 3.8) is 0 Å². The Morgan fingerprint density at radius 1 is 1.38 bits per heavy atom. The summed E-state index contributed by atoms with van der Waals surface area (Å²) < 4.78 is 9.71. The van der Waals surface area contributed by atoms with Crippen LogP contribution in [0.25, 0.3) is 10.9 Å². The lowest BCUT2D eigenvalue weighted by atomic mass is 10.2. The van der Waals surface area contributed by atoms with Gasteiger partial charge in [-0.25, -0.2) is 4.98 Å². The fourth-order valence-electron chi connectivity index (χ4n) is 1.38. The first-order valence-corrected chi connectivity index (χ1v) is 4.42.